The van der Waals surface area contributed by atoms with Crippen molar-refractivity contribution in [1.29, 1.82) is 0 Å². The summed E-state index contributed by atoms with van der Waals surface area (Å²) in [5.41, 5.74) is 4.11. The van der Waals surface area contributed by atoms with Crippen LogP contribution >= 0.6 is 11.3 Å². The fourth-order valence-corrected chi connectivity index (χ4v) is 5.70. The van der Waals surface area contributed by atoms with Gasteiger partial charge >= 0.3 is 0 Å². The first-order valence-corrected chi connectivity index (χ1v) is 11.9. The van der Waals surface area contributed by atoms with Crippen molar-refractivity contribution in [2.24, 2.45) is 4.99 Å². The number of rotatable bonds is 6. The van der Waals surface area contributed by atoms with Crippen molar-refractivity contribution >= 4 is 37.3 Å². The van der Waals surface area contributed by atoms with Crippen LogP contribution in [0.2, 0.25) is 0 Å². The van der Waals surface area contributed by atoms with Gasteiger partial charge in [0.1, 0.15) is 0 Å². The van der Waals surface area contributed by atoms with Crippen LogP contribution in [0.3, 0.4) is 0 Å². The first-order chi connectivity index (χ1) is 13.3. The lowest BCUT2D eigenvalue weighted by Gasteiger charge is -2.04. The molecule has 28 heavy (non-hydrogen) atoms. The van der Waals surface area contributed by atoms with Crippen LogP contribution in [0, 0.1) is 13.8 Å². The maximum absolute atomic E-state index is 12.4. The Morgan fingerprint density at radius 1 is 1.14 bits per heavy atom. The van der Waals surface area contributed by atoms with Crippen molar-refractivity contribution < 1.29 is 13.2 Å². The van der Waals surface area contributed by atoms with E-state index in [2.05, 4.69) is 17.1 Å². The van der Waals surface area contributed by atoms with Crippen LogP contribution in [-0.4, -0.2) is 24.6 Å². The highest BCUT2D eigenvalue weighted by molar-refractivity contribution is 7.90. The summed E-state index contributed by atoms with van der Waals surface area (Å²) >= 11 is 1.47. The topological polar surface area (TPSA) is 68.5 Å². The van der Waals surface area contributed by atoms with Crippen molar-refractivity contribution in [1.82, 2.24) is 4.57 Å². The third-order valence-corrected chi connectivity index (χ3v) is 7.34. The molecule has 2 aromatic carbocycles. The highest BCUT2D eigenvalue weighted by atomic mass is 32.2. The molecule has 1 amide bonds. The Kier molecular flexibility index (Phi) is 6.15. The predicted molar refractivity (Wildman–Crippen MR) is 114 cm³/mol. The van der Waals surface area contributed by atoms with Crippen LogP contribution in [-0.2, 0) is 26.9 Å². The molecule has 0 fully saturated rings. The molecule has 3 aromatic rings. The lowest BCUT2D eigenvalue weighted by molar-refractivity contribution is -0.117. The minimum absolute atomic E-state index is 0.0581. The molecule has 1 aromatic heterocycles. The second kappa shape index (κ2) is 8.41. The summed E-state index contributed by atoms with van der Waals surface area (Å²) in [5.74, 6) is -0.656. The van der Waals surface area contributed by atoms with Crippen LogP contribution in [0.5, 0.6) is 0 Å². The summed E-state index contributed by atoms with van der Waals surface area (Å²) in [6, 6.07) is 13.2. The standard InChI is InChI=1S/C21H24N2O3S2/c1-4-23-18-13-15(2)12-16(3)20(18)27-21(23)22-19(24)10-11-28(25,26)14-17-8-6-5-7-9-17/h5-9,12-13H,4,10-11,14H2,1-3H3. The number of sulfone groups is 1. The van der Waals surface area contributed by atoms with Crippen molar-refractivity contribution in [2.45, 2.75) is 39.5 Å². The van der Waals surface area contributed by atoms with Crippen LogP contribution in [0.15, 0.2) is 47.5 Å². The highest BCUT2D eigenvalue weighted by Crippen LogP contribution is 2.23. The zero-order chi connectivity index (χ0) is 20.3. The van der Waals surface area contributed by atoms with Gasteiger partial charge in [0.15, 0.2) is 14.6 Å². The third kappa shape index (κ3) is 4.77. The van der Waals surface area contributed by atoms with E-state index in [4.69, 9.17) is 0 Å². The maximum Gasteiger partial charge on any atom is 0.249 e. The Hall–Kier alpha value is -2.25. The second-order valence-electron chi connectivity index (χ2n) is 6.89. The third-order valence-electron chi connectivity index (χ3n) is 4.51. The average Bonchev–Trinajstić information content (AvgIpc) is 2.98. The first kappa shape index (κ1) is 20.5. The molecular formula is C21H24N2O3S2. The van der Waals surface area contributed by atoms with Gasteiger partial charge in [-0.2, -0.15) is 4.99 Å². The van der Waals surface area contributed by atoms with Gasteiger partial charge in [0, 0.05) is 13.0 Å². The highest BCUT2D eigenvalue weighted by Gasteiger charge is 2.15. The van der Waals surface area contributed by atoms with E-state index in [1.807, 2.05) is 31.4 Å². The lowest BCUT2D eigenvalue weighted by Crippen LogP contribution is -2.18. The summed E-state index contributed by atoms with van der Waals surface area (Å²) in [6.07, 6.45) is -0.106. The molecule has 0 aliphatic carbocycles. The summed E-state index contributed by atoms with van der Waals surface area (Å²) in [5, 5.41) is 0. The minimum Gasteiger partial charge on any atom is -0.317 e. The molecular weight excluding hydrogens is 392 g/mol. The fraction of sp³-hybridized carbons (Fsp3) is 0.333. The number of aryl methyl sites for hydroxylation is 3. The molecule has 1 heterocycles. The van der Waals surface area contributed by atoms with Gasteiger partial charge in [0.05, 0.1) is 21.7 Å². The summed E-state index contributed by atoms with van der Waals surface area (Å²) in [7, 11) is -3.36. The fourth-order valence-electron chi connectivity index (χ4n) is 3.21. The molecule has 7 heteroatoms. The van der Waals surface area contributed by atoms with Crippen LogP contribution < -0.4 is 4.80 Å². The predicted octanol–water partition coefficient (Wildman–Crippen LogP) is 3.77. The zero-order valence-electron chi connectivity index (χ0n) is 16.3. The molecule has 0 saturated heterocycles. The van der Waals surface area contributed by atoms with Gasteiger partial charge in [0.2, 0.25) is 5.91 Å². The molecule has 148 valence electrons. The van der Waals surface area contributed by atoms with Gasteiger partial charge in [-0.25, -0.2) is 8.42 Å². The van der Waals surface area contributed by atoms with E-state index in [0.717, 1.165) is 26.9 Å². The van der Waals surface area contributed by atoms with E-state index in [-0.39, 0.29) is 17.9 Å². The Morgan fingerprint density at radius 2 is 1.86 bits per heavy atom. The van der Waals surface area contributed by atoms with Gasteiger partial charge in [0.25, 0.3) is 0 Å². The molecule has 0 bridgehead atoms. The number of aromatic nitrogens is 1. The lowest BCUT2D eigenvalue weighted by atomic mass is 10.1. The molecule has 0 aliphatic rings. The summed E-state index contributed by atoms with van der Waals surface area (Å²) < 4.78 is 27.7. The number of hydrogen-bond acceptors (Lipinski definition) is 4. The molecule has 0 saturated carbocycles. The van der Waals surface area contributed by atoms with Crippen LogP contribution in [0.1, 0.15) is 30.0 Å². The van der Waals surface area contributed by atoms with Crippen LogP contribution in [0.25, 0.3) is 10.2 Å². The molecule has 0 N–H and O–H groups in total. The Labute approximate surface area is 169 Å². The monoisotopic (exact) mass is 416 g/mol. The number of amides is 1. The molecule has 5 nitrogen and oxygen atoms in total. The normalized spacial score (nSPS) is 12.6. The van der Waals surface area contributed by atoms with E-state index in [1.54, 1.807) is 24.3 Å². The van der Waals surface area contributed by atoms with Gasteiger partial charge in [-0.1, -0.05) is 47.7 Å². The van der Waals surface area contributed by atoms with Gasteiger partial charge in [-0.05, 0) is 43.5 Å². The molecule has 0 spiro atoms. The Balaban J connectivity index is 1.80. The van der Waals surface area contributed by atoms with E-state index in [9.17, 15) is 13.2 Å². The van der Waals surface area contributed by atoms with Crippen molar-refractivity contribution in [3.05, 3.63) is 64.0 Å². The van der Waals surface area contributed by atoms with E-state index < -0.39 is 15.7 Å². The maximum atomic E-state index is 12.4. The summed E-state index contributed by atoms with van der Waals surface area (Å²) in [4.78, 5) is 17.2. The summed E-state index contributed by atoms with van der Waals surface area (Å²) in [6.45, 7) is 6.80. The number of nitrogens with zero attached hydrogens (tertiary/aromatic N) is 2. The number of fused-ring (bicyclic) bond motifs is 1. The van der Waals surface area contributed by atoms with Gasteiger partial charge < -0.3 is 4.57 Å². The van der Waals surface area contributed by atoms with E-state index in [0.29, 0.717) is 11.3 Å². The Morgan fingerprint density at radius 3 is 2.54 bits per heavy atom. The number of hydrogen-bond donors (Lipinski definition) is 0. The van der Waals surface area contributed by atoms with Crippen molar-refractivity contribution in [3.63, 3.8) is 0 Å². The zero-order valence-corrected chi connectivity index (χ0v) is 17.9. The average molecular weight is 417 g/mol. The van der Waals surface area contributed by atoms with E-state index in [1.165, 1.54) is 11.3 Å². The number of carbonyl (C=O) groups is 1. The minimum atomic E-state index is -3.36. The van der Waals surface area contributed by atoms with E-state index >= 15 is 0 Å². The molecule has 0 atom stereocenters. The van der Waals surface area contributed by atoms with Crippen molar-refractivity contribution in [2.75, 3.05) is 5.75 Å². The van der Waals surface area contributed by atoms with Gasteiger partial charge in [-0.15, -0.1) is 0 Å². The first-order valence-electron chi connectivity index (χ1n) is 9.21. The van der Waals surface area contributed by atoms with Crippen molar-refractivity contribution in [3.8, 4) is 0 Å². The molecule has 3 rings (SSSR count). The van der Waals surface area contributed by atoms with Gasteiger partial charge in [-0.3, -0.25) is 4.79 Å². The quantitative estimate of drug-likeness (QED) is 0.614. The smallest absolute Gasteiger partial charge is 0.249 e. The Bertz CT molecular complexity index is 1170. The largest absolute Gasteiger partial charge is 0.317 e. The number of thiazole rings is 1. The molecule has 0 aliphatic heterocycles. The number of carbonyl (C=O) groups excluding carboxylic acids is 1. The second-order valence-corrected chi connectivity index (χ2v) is 10.1. The number of benzene rings is 2. The SMILES string of the molecule is CCn1c(=NC(=O)CCS(=O)(=O)Cc2ccccc2)sc2c(C)cc(C)cc21. The van der Waals surface area contributed by atoms with Crippen LogP contribution in [0.4, 0.5) is 0 Å². The molecule has 0 radical (unpaired) electrons. The molecule has 0 unspecified atom stereocenters.